The molecule has 80 valence electrons. The molecule has 0 aliphatic carbocycles. The standard InChI is InChI=1S/C12H15NO2/c1-9-6-11(4-5-13-8-14)7-10(2)12(9)15-3/h6-7H,4-5H2,1-3H3. The van der Waals surface area contributed by atoms with Gasteiger partial charge in [0.2, 0.25) is 6.08 Å². The molecule has 0 fully saturated rings. The Morgan fingerprint density at radius 3 is 2.40 bits per heavy atom. The lowest BCUT2D eigenvalue weighted by Gasteiger charge is -2.10. The van der Waals surface area contributed by atoms with Crippen molar-refractivity contribution < 1.29 is 9.53 Å². The number of benzene rings is 1. The molecule has 0 aromatic heterocycles. The van der Waals surface area contributed by atoms with E-state index in [0.717, 1.165) is 23.3 Å². The maximum atomic E-state index is 9.92. The van der Waals surface area contributed by atoms with Crippen molar-refractivity contribution in [3.63, 3.8) is 0 Å². The number of methoxy groups -OCH3 is 1. The van der Waals surface area contributed by atoms with Gasteiger partial charge in [-0.15, -0.1) is 0 Å². The van der Waals surface area contributed by atoms with E-state index in [1.54, 1.807) is 13.2 Å². The van der Waals surface area contributed by atoms with Gasteiger partial charge in [-0.2, -0.15) is 0 Å². The Bertz CT molecular complexity index is 370. The maximum absolute atomic E-state index is 9.92. The summed E-state index contributed by atoms with van der Waals surface area (Å²) < 4.78 is 5.27. The third-order valence-corrected chi connectivity index (χ3v) is 2.30. The van der Waals surface area contributed by atoms with E-state index in [0.29, 0.717) is 6.54 Å². The first-order valence-electron chi connectivity index (χ1n) is 4.86. The van der Waals surface area contributed by atoms with Crippen LogP contribution < -0.4 is 4.74 Å². The van der Waals surface area contributed by atoms with Crippen molar-refractivity contribution in [3.05, 3.63) is 28.8 Å². The Morgan fingerprint density at radius 2 is 1.93 bits per heavy atom. The van der Waals surface area contributed by atoms with Crippen LogP contribution in [0.4, 0.5) is 0 Å². The molecule has 0 amide bonds. The average molecular weight is 205 g/mol. The zero-order valence-electron chi connectivity index (χ0n) is 9.33. The minimum Gasteiger partial charge on any atom is -0.496 e. The monoisotopic (exact) mass is 205 g/mol. The molecule has 1 aromatic rings. The van der Waals surface area contributed by atoms with Crippen molar-refractivity contribution >= 4 is 6.08 Å². The van der Waals surface area contributed by atoms with Gasteiger partial charge in [0.25, 0.3) is 0 Å². The zero-order valence-corrected chi connectivity index (χ0v) is 9.33. The molecule has 0 spiro atoms. The summed E-state index contributed by atoms with van der Waals surface area (Å²) in [5.41, 5.74) is 3.40. The molecule has 3 nitrogen and oxygen atoms in total. The van der Waals surface area contributed by atoms with Crippen molar-refractivity contribution in [3.8, 4) is 5.75 Å². The van der Waals surface area contributed by atoms with Crippen LogP contribution in [0.15, 0.2) is 17.1 Å². The molecular weight excluding hydrogens is 190 g/mol. The first kappa shape index (κ1) is 11.5. The molecule has 0 aliphatic rings. The topological polar surface area (TPSA) is 38.7 Å². The summed E-state index contributed by atoms with van der Waals surface area (Å²) in [6.07, 6.45) is 2.30. The van der Waals surface area contributed by atoms with Crippen molar-refractivity contribution in [1.29, 1.82) is 0 Å². The van der Waals surface area contributed by atoms with Crippen LogP contribution >= 0.6 is 0 Å². The van der Waals surface area contributed by atoms with E-state index >= 15 is 0 Å². The van der Waals surface area contributed by atoms with E-state index < -0.39 is 0 Å². The number of hydrogen-bond acceptors (Lipinski definition) is 3. The molecular formula is C12H15NO2. The second kappa shape index (κ2) is 5.32. The van der Waals surface area contributed by atoms with Crippen molar-refractivity contribution in [2.75, 3.05) is 13.7 Å². The van der Waals surface area contributed by atoms with Gasteiger partial charge < -0.3 is 4.74 Å². The van der Waals surface area contributed by atoms with Crippen LogP contribution in [0.25, 0.3) is 0 Å². The van der Waals surface area contributed by atoms with Gasteiger partial charge in [-0.05, 0) is 37.0 Å². The summed E-state index contributed by atoms with van der Waals surface area (Å²) >= 11 is 0. The predicted molar refractivity (Wildman–Crippen MR) is 59.2 cm³/mol. The molecule has 3 heteroatoms. The van der Waals surface area contributed by atoms with E-state index in [2.05, 4.69) is 17.1 Å². The van der Waals surface area contributed by atoms with Crippen molar-refractivity contribution in [1.82, 2.24) is 0 Å². The van der Waals surface area contributed by atoms with Crippen molar-refractivity contribution in [2.45, 2.75) is 20.3 Å². The van der Waals surface area contributed by atoms with Gasteiger partial charge in [0.05, 0.1) is 13.7 Å². The number of aliphatic imine (C=N–C) groups is 1. The fourth-order valence-electron chi connectivity index (χ4n) is 1.74. The fraction of sp³-hybridized carbons (Fsp3) is 0.417. The largest absolute Gasteiger partial charge is 0.496 e. The van der Waals surface area contributed by atoms with Gasteiger partial charge in [-0.25, -0.2) is 9.79 Å². The number of rotatable bonds is 4. The van der Waals surface area contributed by atoms with Gasteiger partial charge in [-0.3, -0.25) is 0 Å². The third kappa shape index (κ3) is 2.93. The van der Waals surface area contributed by atoms with Crippen LogP contribution in [0, 0.1) is 13.8 Å². The third-order valence-electron chi connectivity index (χ3n) is 2.30. The van der Waals surface area contributed by atoms with Crippen LogP contribution in [0.3, 0.4) is 0 Å². The number of carbonyl (C=O) groups excluding carboxylic acids is 1. The van der Waals surface area contributed by atoms with Crippen LogP contribution in [-0.4, -0.2) is 19.7 Å². The average Bonchev–Trinajstić information content (AvgIpc) is 2.18. The van der Waals surface area contributed by atoms with E-state index in [-0.39, 0.29) is 0 Å². The number of hydrogen-bond donors (Lipinski definition) is 0. The Kier molecular flexibility index (Phi) is 4.07. The lowest BCUT2D eigenvalue weighted by molar-refractivity contribution is 0.408. The zero-order chi connectivity index (χ0) is 11.3. The number of aryl methyl sites for hydroxylation is 2. The van der Waals surface area contributed by atoms with Gasteiger partial charge >= 0.3 is 0 Å². The van der Waals surface area contributed by atoms with Crippen LogP contribution in [0.5, 0.6) is 5.75 Å². The van der Waals surface area contributed by atoms with Gasteiger partial charge in [0, 0.05) is 0 Å². The molecule has 0 bridgehead atoms. The normalized spacial score (nSPS) is 9.53. The summed E-state index contributed by atoms with van der Waals surface area (Å²) in [5, 5.41) is 0. The summed E-state index contributed by atoms with van der Waals surface area (Å²) in [4.78, 5) is 13.4. The van der Waals surface area contributed by atoms with E-state index in [1.165, 1.54) is 5.56 Å². The number of isocyanates is 1. The van der Waals surface area contributed by atoms with Crippen LogP contribution in [0.1, 0.15) is 16.7 Å². The van der Waals surface area contributed by atoms with Gasteiger partial charge in [-0.1, -0.05) is 12.1 Å². The number of ether oxygens (including phenoxy) is 1. The highest BCUT2D eigenvalue weighted by Crippen LogP contribution is 2.24. The molecule has 1 rings (SSSR count). The molecule has 0 radical (unpaired) electrons. The Hall–Kier alpha value is -1.60. The molecule has 0 atom stereocenters. The summed E-state index contributed by atoms with van der Waals surface area (Å²) in [6, 6.07) is 4.12. The first-order valence-corrected chi connectivity index (χ1v) is 4.86. The van der Waals surface area contributed by atoms with E-state index in [4.69, 9.17) is 4.74 Å². The Morgan fingerprint density at radius 1 is 1.33 bits per heavy atom. The quantitative estimate of drug-likeness (QED) is 0.558. The molecule has 0 saturated heterocycles. The summed E-state index contributed by atoms with van der Waals surface area (Å²) in [5.74, 6) is 0.928. The highest BCUT2D eigenvalue weighted by atomic mass is 16.5. The molecule has 0 saturated carbocycles. The number of nitrogens with zero attached hydrogens (tertiary/aromatic N) is 1. The minimum absolute atomic E-state index is 0.495. The maximum Gasteiger partial charge on any atom is 0.234 e. The van der Waals surface area contributed by atoms with Gasteiger partial charge in [0.15, 0.2) is 0 Å². The first-order chi connectivity index (χ1) is 7.19. The molecule has 0 aliphatic heterocycles. The predicted octanol–water partition coefficient (Wildman–Crippen LogP) is 2.19. The molecule has 1 aromatic carbocycles. The molecule has 0 N–H and O–H groups in total. The second-order valence-corrected chi connectivity index (χ2v) is 3.49. The Balaban J connectivity index is 2.88. The van der Waals surface area contributed by atoms with E-state index in [9.17, 15) is 4.79 Å². The SMILES string of the molecule is COc1c(C)cc(CCN=C=O)cc1C. The van der Waals surface area contributed by atoms with Gasteiger partial charge in [0.1, 0.15) is 5.75 Å². The van der Waals surface area contributed by atoms with E-state index in [1.807, 2.05) is 13.8 Å². The van der Waals surface area contributed by atoms with Crippen molar-refractivity contribution in [2.24, 2.45) is 4.99 Å². The summed E-state index contributed by atoms with van der Waals surface area (Å²) in [7, 11) is 1.67. The fourth-order valence-corrected chi connectivity index (χ4v) is 1.74. The van der Waals surface area contributed by atoms with Crippen LogP contribution in [-0.2, 0) is 11.2 Å². The minimum atomic E-state index is 0.495. The lowest BCUT2D eigenvalue weighted by atomic mass is 10.0. The summed E-state index contributed by atoms with van der Waals surface area (Å²) in [6.45, 7) is 4.52. The smallest absolute Gasteiger partial charge is 0.234 e. The molecule has 15 heavy (non-hydrogen) atoms. The Labute approximate surface area is 89.8 Å². The molecule has 0 heterocycles. The second-order valence-electron chi connectivity index (χ2n) is 3.49. The lowest BCUT2D eigenvalue weighted by Crippen LogP contribution is -1.96. The molecule has 0 unspecified atom stereocenters. The van der Waals surface area contributed by atoms with Crippen LogP contribution in [0.2, 0.25) is 0 Å². The highest BCUT2D eigenvalue weighted by molar-refractivity contribution is 5.43. The highest BCUT2D eigenvalue weighted by Gasteiger charge is 2.04.